The number of amides is 1. The number of carboxylic acid groups (broad SMARTS) is 1. The van der Waals surface area contributed by atoms with E-state index in [4.69, 9.17) is 9.84 Å². The Hall–Kier alpha value is -1.82. The second-order valence-corrected chi connectivity index (χ2v) is 4.71. The Balaban J connectivity index is 2.95. The van der Waals surface area contributed by atoms with Gasteiger partial charge in [-0.3, -0.25) is 4.79 Å². The van der Waals surface area contributed by atoms with Crippen molar-refractivity contribution >= 4 is 33.5 Å². The zero-order chi connectivity index (χ0) is 14.6. The number of rotatable bonds is 4. The summed E-state index contributed by atoms with van der Waals surface area (Å²) in [6.45, 7) is 2.86. The number of halogens is 1. The van der Waals surface area contributed by atoms with E-state index in [1.807, 2.05) is 0 Å². The molecule has 2 N–H and O–H groups in total. The topological polar surface area (TPSA) is 75.6 Å². The molecular formula is C13H14BrNO4. The number of anilines is 1. The fourth-order valence-electron chi connectivity index (χ4n) is 1.29. The molecule has 19 heavy (non-hydrogen) atoms. The molecule has 0 atom stereocenters. The summed E-state index contributed by atoms with van der Waals surface area (Å²) in [5.41, 5.74) is 0.707. The van der Waals surface area contributed by atoms with Crippen LogP contribution in [0.1, 0.15) is 13.8 Å². The van der Waals surface area contributed by atoms with Gasteiger partial charge in [-0.25, -0.2) is 4.79 Å². The summed E-state index contributed by atoms with van der Waals surface area (Å²) in [4.78, 5) is 22.6. The molecule has 1 aromatic carbocycles. The molecule has 0 heterocycles. The van der Waals surface area contributed by atoms with Crippen molar-refractivity contribution in [1.82, 2.24) is 0 Å². The summed E-state index contributed by atoms with van der Waals surface area (Å²) in [5, 5.41) is 11.4. The van der Waals surface area contributed by atoms with Crippen LogP contribution in [0.2, 0.25) is 0 Å². The zero-order valence-corrected chi connectivity index (χ0v) is 12.4. The molecule has 0 radical (unpaired) electrons. The molecule has 1 amide bonds. The van der Waals surface area contributed by atoms with E-state index < -0.39 is 11.9 Å². The van der Waals surface area contributed by atoms with Crippen LogP contribution in [0.3, 0.4) is 0 Å². The third kappa shape index (κ3) is 3.82. The molecule has 0 spiro atoms. The Morgan fingerprint density at radius 3 is 2.42 bits per heavy atom. The number of hydrogen-bond acceptors (Lipinski definition) is 3. The van der Waals surface area contributed by atoms with Gasteiger partial charge in [0.1, 0.15) is 5.75 Å². The van der Waals surface area contributed by atoms with Crippen molar-refractivity contribution in [2.24, 2.45) is 0 Å². The van der Waals surface area contributed by atoms with E-state index in [1.165, 1.54) is 21.0 Å². The lowest BCUT2D eigenvalue weighted by molar-refractivity contribution is -0.133. The van der Waals surface area contributed by atoms with Gasteiger partial charge in [-0.2, -0.15) is 0 Å². The number of carbonyl (C=O) groups excluding carboxylic acids is 1. The molecule has 0 aliphatic carbocycles. The molecule has 0 bridgehead atoms. The fraction of sp³-hybridized carbons (Fsp3) is 0.231. The molecular weight excluding hydrogens is 314 g/mol. The molecule has 0 unspecified atom stereocenters. The Morgan fingerprint density at radius 1 is 1.26 bits per heavy atom. The molecule has 102 valence electrons. The van der Waals surface area contributed by atoms with Crippen LogP contribution in [-0.2, 0) is 9.59 Å². The molecule has 0 saturated carbocycles. The lowest BCUT2D eigenvalue weighted by atomic mass is 10.1. The van der Waals surface area contributed by atoms with E-state index in [1.54, 1.807) is 18.2 Å². The fourth-order valence-corrected chi connectivity index (χ4v) is 1.70. The molecule has 1 rings (SSSR count). The highest BCUT2D eigenvalue weighted by atomic mass is 79.9. The minimum atomic E-state index is -1.11. The number of hydrogen-bond donors (Lipinski definition) is 2. The van der Waals surface area contributed by atoms with E-state index in [0.717, 1.165) is 4.47 Å². The summed E-state index contributed by atoms with van der Waals surface area (Å²) < 4.78 is 5.87. The minimum absolute atomic E-state index is 0.0153. The van der Waals surface area contributed by atoms with Crippen LogP contribution in [0.4, 0.5) is 5.69 Å². The van der Waals surface area contributed by atoms with Gasteiger partial charge < -0.3 is 15.2 Å². The summed E-state index contributed by atoms with van der Waals surface area (Å²) >= 11 is 3.30. The maximum absolute atomic E-state index is 11.9. The zero-order valence-electron chi connectivity index (χ0n) is 10.8. The lowest BCUT2D eigenvalue weighted by Crippen LogP contribution is -2.16. The number of methoxy groups -OCH3 is 1. The second kappa shape index (κ2) is 6.38. The standard InChI is InChI=1S/C13H14BrNO4/c1-7(8(2)13(17)18)12(16)15-9-4-5-10(14)11(6-9)19-3/h4-6H,1-3H3,(H,15,16)(H,17,18)/b8-7-. The van der Waals surface area contributed by atoms with Crippen LogP contribution >= 0.6 is 15.9 Å². The van der Waals surface area contributed by atoms with Crippen LogP contribution in [0, 0.1) is 0 Å². The van der Waals surface area contributed by atoms with E-state index >= 15 is 0 Å². The van der Waals surface area contributed by atoms with Crippen molar-refractivity contribution in [2.75, 3.05) is 12.4 Å². The second-order valence-electron chi connectivity index (χ2n) is 3.86. The first kappa shape index (κ1) is 15.2. The molecule has 0 aromatic heterocycles. The predicted molar refractivity (Wildman–Crippen MR) is 75.3 cm³/mol. The van der Waals surface area contributed by atoms with E-state index in [-0.39, 0.29) is 11.1 Å². The van der Waals surface area contributed by atoms with Gasteiger partial charge in [-0.15, -0.1) is 0 Å². The SMILES string of the molecule is COc1cc(NC(=O)/C(C)=C(/C)C(=O)O)ccc1Br. The van der Waals surface area contributed by atoms with Crippen LogP contribution in [0.25, 0.3) is 0 Å². The molecule has 0 aliphatic heterocycles. The first-order chi connectivity index (χ1) is 8.86. The summed E-state index contributed by atoms with van der Waals surface area (Å²) in [6.07, 6.45) is 0. The maximum atomic E-state index is 11.9. The van der Waals surface area contributed by atoms with Gasteiger partial charge in [0.2, 0.25) is 0 Å². The number of aliphatic carboxylic acids is 1. The molecule has 5 nitrogen and oxygen atoms in total. The highest BCUT2D eigenvalue weighted by Crippen LogP contribution is 2.28. The van der Waals surface area contributed by atoms with Gasteiger partial charge >= 0.3 is 5.97 Å². The average Bonchev–Trinajstić information content (AvgIpc) is 2.38. The van der Waals surface area contributed by atoms with E-state index in [0.29, 0.717) is 11.4 Å². The molecule has 0 saturated heterocycles. The quantitative estimate of drug-likeness (QED) is 0.834. The maximum Gasteiger partial charge on any atom is 0.331 e. The van der Waals surface area contributed by atoms with Crippen LogP contribution in [-0.4, -0.2) is 24.1 Å². The van der Waals surface area contributed by atoms with Crippen LogP contribution in [0.15, 0.2) is 33.8 Å². The Kier molecular flexibility index (Phi) is 5.11. The Morgan fingerprint density at radius 2 is 1.89 bits per heavy atom. The van der Waals surface area contributed by atoms with Gasteiger partial charge in [-0.05, 0) is 41.9 Å². The summed E-state index contributed by atoms with van der Waals surface area (Å²) in [7, 11) is 1.52. The number of carboxylic acids is 1. The van der Waals surface area contributed by atoms with Gasteiger partial charge in [0.15, 0.2) is 0 Å². The minimum Gasteiger partial charge on any atom is -0.495 e. The molecule has 0 fully saturated rings. The third-order valence-corrected chi connectivity index (χ3v) is 3.29. The number of benzene rings is 1. The first-order valence-corrected chi connectivity index (χ1v) is 6.21. The normalized spacial score (nSPS) is 11.6. The van der Waals surface area contributed by atoms with E-state index in [9.17, 15) is 9.59 Å². The first-order valence-electron chi connectivity index (χ1n) is 5.42. The summed E-state index contributed by atoms with van der Waals surface area (Å²) in [6, 6.07) is 5.07. The Labute approximate surface area is 119 Å². The average molecular weight is 328 g/mol. The van der Waals surface area contributed by atoms with Crippen molar-refractivity contribution in [3.05, 3.63) is 33.8 Å². The van der Waals surface area contributed by atoms with Crippen molar-refractivity contribution < 1.29 is 19.4 Å². The third-order valence-electron chi connectivity index (χ3n) is 2.63. The van der Waals surface area contributed by atoms with Crippen molar-refractivity contribution in [3.63, 3.8) is 0 Å². The highest BCUT2D eigenvalue weighted by molar-refractivity contribution is 9.10. The number of carbonyl (C=O) groups is 2. The number of nitrogens with one attached hydrogen (secondary N) is 1. The van der Waals surface area contributed by atoms with Crippen LogP contribution in [0.5, 0.6) is 5.75 Å². The van der Waals surface area contributed by atoms with Gasteiger partial charge in [0.05, 0.1) is 11.6 Å². The summed E-state index contributed by atoms with van der Waals surface area (Å²) in [5.74, 6) is -0.986. The van der Waals surface area contributed by atoms with Crippen LogP contribution < -0.4 is 10.1 Å². The predicted octanol–water partition coefficient (Wildman–Crippen LogP) is 2.82. The van der Waals surface area contributed by atoms with Crippen molar-refractivity contribution in [3.8, 4) is 5.75 Å². The van der Waals surface area contributed by atoms with Crippen molar-refractivity contribution in [2.45, 2.75) is 13.8 Å². The van der Waals surface area contributed by atoms with Gasteiger partial charge in [-0.1, -0.05) is 0 Å². The highest BCUT2D eigenvalue weighted by Gasteiger charge is 2.13. The van der Waals surface area contributed by atoms with Crippen molar-refractivity contribution in [1.29, 1.82) is 0 Å². The Bertz CT molecular complexity index is 552. The molecule has 1 aromatic rings. The number of ether oxygens (including phenoxy) is 1. The van der Waals surface area contributed by atoms with Gasteiger partial charge in [0.25, 0.3) is 5.91 Å². The molecule has 6 heteroatoms. The van der Waals surface area contributed by atoms with E-state index in [2.05, 4.69) is 21.2 Å². The monoisotopic (exact) mass is 327 g/mol. The van der Waals surface area contributed by atoms with Gasteiger partial charge in [0, 0.05) is 22.9 Å². The lowest BCUT2D eigenvalue weighted by Gasteiger charge is -2.09. The largest absolute Gasteiger partial charge is 0.495 e. The smallest absolute Gasteiger partial charge is 0.331 e. The molecule has 0 aliphatic rings.